The van der Waals surface area contributed by atoms with E-state index in [0.717, 1.165) is 18.6 Å². The Morgan fingerprint density at radius 1 is 1.55 bits per heavy atom. The van der Waals surface area contributed by atoms with Crippen LogP contribution in [0.4, 0.5) is 0 Å². The average Bonchev–Trinajstić information content (AvgIpc) is 1.85. The lowest BCUT2D eigenvalue weighted by Gasteiger charge is -2.37. The van der Waals surface area contributed by atoms with Gasteiger partial charge in [0.15, 0.2) is 0 Å². The van der Waals surface area contributed by atoms with Crippen molar-refractivity contribution in [3.8, 4) is 6.07 Å². The van der Waals surface area contributed by atoms with Crippen molar-refractivity contribution in [2.24, 2.45) is 5.73 Å². The van der Waals surface area contributed by atoms with Gasteiger partial charge in [-0.15, -0.1) is 0 Å². The Balaban J connectivity index is 2.69. The summed E-state index contributed by atoms with van der Waals surface area (Å²) in [6.45, 7) is 4.30. The van der Waals surface area contributed by atoms with E-state index < -0.39 is 5.54 Å². The minimum atomic E-state index is -0.561. The van der Waals surface area contributed by atoms with Crippen LogP contribution < -0.4 is 5.73 Å². The molecule has 1 aliphatic rings. The quantitative estimate of drug-likeness (QED) is 0.599. The Morgan fingerprint density at radius 2 is 2.18 bits per heavy atom. The molecule has 1 atom stereocenters. The van der Waals surface area contributed by atoms with E-state index >= 15 is 0 Å². The molecule has 11 heavy (non-hydrogen) atoms. The van der Waals surface area contributed by atoms with Crippen molar-refractivity contribution >= 4 is 11.8 Å². The van der Waals surface area contributed by atoms with Gasteiger partial charge in [-0.3, -0.25) is 0 Å². The lowest BCUT2D eigenvalue weighted by Crippen LogP contribution is -2.47. The van der Waals surface area contributed by atoms with E-state index in [2.05, 4.69) is 19.9 Å². The van der Waals surface area contributed by atoms with Crippen molar-refractivity contribution in [2.45, 2.75) is 37.0 Å². The summed E-state index contributed by atoms with van der Waals surface area (Å²) in [4.78, 5) is 0. The highest BCUT2D eigenvalue weighted by Gasteiger charge is 2.37. The minimum Gasteiger partial charge on any atom is -0.313 e. The van der Waals surface area contributed by atoms with Crippen molar-refractivity contribution in [1.29, 1.82) is 5.26 Å². The number of nitrogens with two attached hydrogens (primary N) is 1. The van der Waals surface area contributed by atoms with Crippen molar-refractivity contribution in [3.05, 3.63) is 0 Å². The fourth-order valence-electron chi connectivity index (χ4n) is 1.50. The van der Waals surface area contributed by atoms with Crippen molar-refractivity contribution in [2.75, 3.05) is 5.75 Å². The summed E-state index contributed by atoms with van der Waals surface area (Å²) in [6.07, 6.45) is 1.64. The fourth-order valence-corrected chi connectivity index (χ4v) is 2.88. The van der Waals surface area contributed by atoms with Gasteiger partial charge in [0.05, 0.1) is 6.07 Å². The molecule has 0 aromatic heterocycles. The summed E-state index contributed by atoms with van der Waals surface area (Å²) in [7, 11) is 0. The summed E-state index contributed by atoms with van der Waals surface area (Å²) >= 11 is 1.91. The second-order valence-electron chi connectivity index (χ2n) is 3.80. The van der Waals surface area contributed by atoms with Crippen LogP contribution in [0, 0.1) is 11.3 Å². The second kappa shape index (κ2) is 2.69. The summed E-state index contributed by atoms with van der Waals surface area (Å²) in [5.74, 6) is 1.01. The van der Waals surface area contributed by atoms with Crippen LogP contribution >= 0.6 is 11.8 Å². The molecular weight excluding hydrogens is 156 g/mol. The zero-order valence-corrected chi connectivity index (χ0v) is 7.87. The molecule has 0 saturated carbocycles. The predicted molar refractivity (Wildman–Crippen MR) is 48.3 cm³/mol. The average molecular weight is 170 g/mol. The van der Waals surface area contributed by atoms with E-state index in [1.807, 2.05) is 11.8 Å². The minimum absolute atomic E-state index is 0.183. The third-order valence-corrected chi connectivity index (χ3v) is 3.34. The molecule has 1 heterocycles. The highest BCUT2D eigenvalue weighted by molar-refractivity contribution is 8.00. The van der Waals surface area contributed by atoms with Crippen LogP contribution in [0.15, 0.2) is 0 Å². The Labute approximate surface area is 72.1 Å². The number of hydrogen-bond acceptors (Lipinski definition) is 3. The third kappa shape index (κ3) is 2.11. The first-order chi connectivity index (χ1) is 4.97. The van der Waals surface area contributed by atoms with Crippen molar-refractivity contribution in [3.63, 3.8) is 0 Å². The van der Waals surface area contributed by atoms with Gasteiger partial charge in [-0.2, -0.15) is 17.0 Å². The maximum atomic E-state index is 8.80. The van der Waals surface area contributed by atoms with Gasteiger partial charge in [0, 0.05) is 4.75 Å². The van der Waals surface area contributed by atoms with Crippen LogP contribution in [0.1, 0.15) is 26.7 Å². The highest BCUT2D eigenvalue weighted by Crippen LogP contribution is 2.39. The normalized spacial score (nSPS) is 36.2. The van der Waals surface area contributed by atoms with Crippen LogP contribution in [-0.2, 0) is 0 Å². The molecule has 0 aromatic rings. The zero-order chi connectivity index (χ0) is 8.54. The third-order valence-electron chi connectivity index (χ3n) is 2.00. The molecule has 0 radical (unpaired) electrons. The highest BCUT2D eigenvalue weighted by atomic mass is 32.2. The molecule has 3 heteroatoms. The Morgan fingerprint density at radius 3 is 2.55 bits per heavy atom. The Kier molecular flexibility index (Phi) is 2.17. The van der Waals surface area contributed by atoms with Gasteiger partial charge in [0.25, 0.3) is 0 Å². The van der Waals surface area contributed by atoms with E-state index in [-0.39, 0.29) is 4.75 Å². The largest absolute Gasteiger partial charge is 0.313 e. The van der Waals surface area contributed by atoms with Crippen LogP contribution in [-0.4, -0.2) is 16.0 Å². The van der Waals surface area contributed by atoms with Crippen molar-refractivity contribution in [1.82, 2.24) is 0 Å². The molecule has 1 aliphatic heterocycles. The first kappa shape index (κ1) is 8.89. The maximum absolute atomic E-state index is 8.80. The number of nitrogens with zero attached hydrogens (tertiary/aromatic N) is 1. The first-order valence-electron chi connectivity index (χ1n) is 3.82. The molecule has 1 rings (SSSR count). The molecule has 0 spiro atoms. The summed E-state index contributed by atoms with van der Waals surface area (Å²) in [5.41, 5.74) is 5.30. The molecule has 0 amide bonds. The van der Waals surface area contributed by atoms with E-state index in [0.29, 0.717) is 0 Å². The van der Waals surface area contributed by atoms with Gasteiger partial charge in [-0.1, -0.05) is 13.8 Å². The summed E-state index contributed by atoms with van der Waals surface area (Å²) in [6, 6.07) is 2.20. The number of thioether (sulfide) groups is 1. The molecule has 62 valence electrons. The van der Waals surface area contributed by atoms with Crippen LogP contribution in [0.3, 0.4) is 0 Å². The summed E-state index contributed by atoms with van der Waals surface area (Å²) in [5, 5.41) is 8.80. The number of hydrogen-bond donors (Lipinski definition) is 1. The fraction of sp³-hybridized carbons (Fsp3) is 0.875. The Hall–Kier alpha value is -0.200. The standard InChI is InChI=1S/C8H14N2S/c1-7(2)5-8(10,6-9)3-4-11-7/h3-5,10H2,1-2H3. The molecule has 1 saturated heterocycles. The SMILES string of the molecule is CC1(C)CC(N)(C#N)CCS1. The smallest absolute Gasteiger partial charge is 0.106 e. The molecule has 0 aliphatic carbocycles. The van der Waals surface area contributed by atoms with E-state index in [1.165, 1.54) is 0 Å². The Bertz CT molecular complexity index is 195. The van der Waals surface area contributed by atoms with E-state index in [9.17, 15) is 0 Å². The topological polar surface area (TPSA) is 49.8 Å². The molecule has 1 fully saturated rings. The number of rotatable bonds is 0. The predicted octanol–water partition coefficient (Wildman–Crippen LogP) is 1.51. The van der Waals surface area contributed by atoms with Gasteiger partial charge < -0.3 is 5.73 Å². The second-order valence-corrected chi connectivity index (χ2v) is 5.60. The molecule has 2 nitrogen and oxygen atoms in total. The summed E-state index contributed by atoms with van der Waals surface area (Å²) < 4.78 is 0.183. The molecular formula is C8H14N2S. The molecule has 2 N–H and O–H groups in total. The van der Waals surface area contributed by atoms with Crippen molar-refractivity contribution < 1.29 is 0 Å². The maximum Gasteiger partial charge on any atom is 0.106 e. The lowest BCUT2D eigenvalue weighted by atomic mass is 9.88. The molecule has 1 unspecified atom stereocenters. The van der Waals surface area contributed by atoms with Crippen LogP contribution in [0.5, 0.6) is 0 Å². The monoisotopic (exact) mass is 170 g/mol. The lowest BCUT2D eigenvalue weighted by molar-refractivity contribution is 0.418. The van der Waals surface area contributed by atoms with E-state index in [1.54, 1.807) is 0 Å². The van der Waals surface area contributed by atoms with E-state index in [4.69, 9.17) is 11.0 Å². The zero-order valence-electron chi connectivity index (χ0n) is 7.05. The van der Waals surface area contributed by atoms with Gasteiger partial charge in [0.1, 0.15) is 5.54 Å². The van der Waals surface area contributed by atoms with Gasteiger partial charge >= 0.3 is 0 Å². The molecule has 0 aromatic carbocycles. The van der Waals surface area contributed by atoms with Gasteiger partial charge in [-0.05, 0) is 18.6 Å². The first-order valence-corrected chi connectivity index (χ1v) is 4.80. The van der Waals surface area contributed by atoms with Gasteiger partial charge in [0.2, 0.25) is 0 Å². The van der Waals surface area contributed by atoms with Crippen LogP contribution in [0.25, 0.3) is 0 Å². The molecule has 0 bridgehead atoms. The van der Waals surface area contributed by atoms with Crippen LogP contribution in [0.2, 0.25) is 0 Å². The number of nitriles is 1. The van der Waals surface area contributed by atoms with Gasteiger partial charge in [-0.25, -0.2) is 0 Å².